The lowest BCUT2D eigenvalue weighted by molar-refractivity contribution is 0.122. The van der Waals surface area contributed by atoms with Crippen LogP contribution in [0.4, 0.5) is 17.5 Å². The third-order valence-electron chi connectivity index (χ3n) is 3.60. The van der Waals surface area contributed by atoms with Gasteiger partial charge in [0.05, 0.1) is 13.2 Å². The van der Waals surface area contributed by atoms with Gasteiger partial charge in [0, 0.05) is 35.6 Å². The van der Waals surface area contributed by atoms with Crippen LogP contribution in [0.25, 0.3) is 0 Å². The maximum atomic E-state index is 6.16. The third-order valence-corrected chi connectivity index (χ3v) is 4.01. The van der Waals surface area contributed by atoms with Crippen LogP contribution in [0.15, 0.2) is 24.3 Å². The second-order valence-corrected chi connectivity index (χ2v) is 5.79. The molecule has 0 bridgehead atoms. The Morgan fingerprint density at radius 1 is 1.14 bits per heavy atom. The average Bonchev–Trinajstić information content (AvgIpc) is 2.51. The molecule has 1 N–H and O–H groups in total. The van der Waals surface area contributed by atoms with Gasteiger partial charge >= 0.3 is 0 Å². The van der Waals surface area contributed by atoms with Gasteiger partial charge in [-0.05, 0) is 31.5 Å². The Hall–Kier alpha value is -1.85. The van der Waals surface area contributed by atoms with Crippen molar-refractivity contribution in [3.05, 3.63) is 40.5 Å². The summed E-state index contributed by atoms with van der Waals surface area (Å²) < 4.78 is 5.39. The van der Waals surface area contributed by atoms with Gasteiger partial charge in [-0.1, -0.05) is 17.7 Å². The average molecular weight is 319 g/mol. The van der Waals surface area contributed by atoms with E-state index in [2.05, 4.69) is 20.2 Å². The molecule has 3 rings (SSSR count). The minimum atomic E-state index is 0.585. The first-order valence-corrected chi connectivity index (χ1v) is 7.71. The molecule has 2 heterocycles. The van der Waals surface area contributed by atoms with Crippen molar-refractivity contribution in [3.8, 4) is 0 Å². The van der Waals surface area contributed by atoms with E-state index in [4.69, 9.17) is 16.3 Å². The van der Waals surface area contributed by atoms with E-state index in [9.17, 15) is 0 Å². The topological polar surface area (TPSA) is 50.3 Å². The van der Waals surface area contributed by atoms with Crippen LogP contribution in [-0.4, -0.2) is 36.3 Å². The number of nitrogens with one attached hydrogen (secondary N) is 1. The summed E-state index contributed by atoms with van der Waals surface area (Å²) in [5.41, 5.74) is 2.86. The van der Waals surface area contributed by atoms with Crippen LogP contribution in [-0.2, 0) is 4.74 Å². The minimum absolute atomic E-state index is 0.585. The molecule has 1 aliphatic rings. The first-order valence-electron chi connectivity index (χ1n) is 7.33. The highest BCUT2D eigenvalue weighted by Gasteiger charge is 2.14. The van der Waals surface area contributed by atoms with Gasteiger partial charge in [0.2, 0.25) is 5.95 Å². The molecule has 1 fully saturated rings. The zero-order valence-corrected chi connectivity index (χ0v) is 13.5. The molecule has 0 amide bonds. The number of halogens is 1. The Labute approximate surface area is 135 Å². The van der Waals surface area contributed by atoms with E-state index in [0.29, 0.717) is 5.95 Å². The standard InChI is InChI=1S/C16H19ClN4O/c1-11-3-4-13(10-14(11)17)19-16-18-12(2)9-15(20-16)21-5-7-22-8-6-21/h3-4,9-10H,5-8H2,1-2H3,(H,18,19,20). The van der Waals surface area contributed by atoms with Gasteiger partial charge in [-0.3, -0.25) is 0 Å². The SMILES string of the molecule is Cc1cc(N2CCOCC2)nc(Nc2ccc(C)c(Cl)c2)n1. The number of nitrogens with zero attached hydrogens (tertiary/aromatic N) is 3. The number of hydrogen-bond acceptors (Lipinski definition) is 5. The molecular formula is C16H19ClN4O. The number of anilines is 3. The fourth-order valence-corrected chi connectivity index (χ4v) is 2.54. The van der Waals surface area contributed by atoms with Crippen LogP contribution in [0, 0.1) is 13.8 Å². The molecule has 22 heavy (non-hydrogen) atoms. The number of morpholine rings is 1. The van der Waals surface area contributed by atoms with Crippen LogP contribution < -0.4 is 10.2 Å². The second kappa shape index (κ2) is 6.50. The van der Waals surface area contributed by atoms with Gasteiger partial charge in [0.25, 0.3) is 0 Å². The van der Waals surface area contributed by atoms with Gasteiger partial charge in [-0.2, -0.15) is 4.98 Å². The first-order chi connectivity index (χ1) is 10.6. The highest BCUT2D eigenvalue weighted by molar-refractivity contribution is 6.31. The fraction of sp³-hybridized carbons (Fsp3) is 0.375. The van der Waals surface area contributed by atoms with E-state index in [0.717, 1.165) is 54.1 Å². The zero-order valence-electron chi connectivity index (χ0n) is 12.8. The van der Waals surface area contributed by atoms with Crippen molar-refractivity contribution < 1.29 is 4.74 Å². The molecule has 5 nitrogen and oxygen atoms in total. The number of aromatic nitrogens is 2. The molecule has 0 unspecified atom stereocenters. The summed E-state index contributed by atoms with van der Waals surface area (Å²) >= 11 is 6.16. The summed E-state index contributed by atoms with van der Waals surface area (Å²) in [5.74, 6) is 1.51. The van der Waals surface area contributed by atoms with Gasteiger partial charge in [0.15, 0.2) is 0 Å². The number of aryl methyl sites for hydroxylation is 2. The molecule has 6 heteroatoms. The molecule has 1 aromatic carbocycles. The summed E-state index contributed by atoms with van der Waals surface area (Å²) in [5, 5.41) is 3.96. The van der Waals surface area contributed by atoms with Gasteiger partial charge in [0.1, 0.15) is 5.82 Å². The van der Waals surface area contributed by atoms with Crippen LogP contribution in [0.1, 0.15) is 11.3 Å². The predicted molar refractivity (Wildman–Crippen MR) is 89.3 cm³/mol. The first kappa shape index (κ1) is 15.1. The molecule has 116 valence electrons. The van der Waals surface area contributed by atoms with Crippen molar-refractivity contribution >= 4 is 29.1 Å². The minimum Gasteiger partial charge on any atom is -0.378 e. The van der Waals surface area contributed by atoms with E-state index in [-0.39, 0.29) is 0 Å². The lowest BCUT2D eigenvalue weighted by atomic mass is 10.2. The molecule has 1 aromatic heterocycles. The Morgan fingerprint density at radius 3 is 2.64 bits per heavy atom. The van der Waals surface area contributed by atoms with Crippen LogP contribution in [0.5, 0.6) is 0 Å². The van der Waals surface area contributed by atoms with Crippen molar-refractivity contribution in [2.24, 2.45) is 0 Å². The van der Waals surface area contributed by atoms with E-state index in [1.54, 1.807) is 0 Å². The summed E-state index contributed by atoms with van der Waals surface area (Å²) in [6, 6.07) is 7.83. The van der Waals surface area contributed by atoms with Gasteiger partial charge in [-0.25, -0.2) is 4.98 Å². The van der Waals surface area contributed by atoms with Crippen molar-refractivity contribution in [1.29, 1.82) is 0 Å². The van der Waals surface area contributed by atoms with Crippen molar-refractivity contribution in [2.75, 3.05) is 36.5 Å². The molecule has 1 saturated heterocycles. The quantitative estimate of drug-likeness (QED) is 0.940. The van der Waals surface area contributed by atoms with Gasteiger partial charge < -0.3 is 15.0 Å². The maximum Gasteiger partial charge on any atom is 0.229 e. The fourth-order valence-electron chi connectivity index (χ4n) is 2.36. The predicted octanol–water partition coefficient (Wildman–Crippen LogP) is 3.33. The number of rotatable bonds is 3. The molecule has 0 aliphatic carbocycles. The van der Waals surface area contributed by atoms with E-state index in [1.165, 1.54) is 0 Å². The smallest absolute Gasteiger partial charge is 0.229 e. The van der Waals surface area contributed by atoms with E-state index in [1.807, 2.05) is 38.1 Å². The number of ether oxygens (including phenoxy) is 1. The maximum absolute atomic E-state index is 6.16. The largest absolute Gasteiger partial charge is 0.378 e. The molecule has 0 atom stereocenters. The molecule has 0 spiro atoms. The van der Waals surface area contributed by atoms with Crippen LogP contribution in [0.2, 0.25) is 5.02 Å². The lowest BCUT2D eigenvalue weighted by Gasteiger charge is -2.28. The summed E-state index contributed by atoms with van der Waals surface area (Å²) in [6.45, 7) is 7.13. The zero-order chi connectivity index (χ0) is 15.5. The van der Waals surface area contributed by atoms with Gasteiger partial charge in [-0.15, -0.1) is 0 Å². The van der Waals surface area contributed by atoms with E-state index < -0.39 is 0 Å². The Kier molecular flexibility index (Phi) is 4.45. The Bertz CT molecular complexity index is 671. The highest BCUT2D eigenvalue weighted by atomic mass is 35.5. The highest BCUT2D eigenvalue weighted by Crippen LogP contribution is 2.23. The summed E-state index contributed by atoms with van der Waals surface area (Å²) in [7, 11) is 0. The van der Waals surface area contributed by atoms with Crippen molar-refractivity contribution in [1.82, 2.24) is 9.97 Å². The Balaban J connectivity index is 1.83. The monoisotopic (exact) mass is 318 g/mol. The second-order valence-electron chi connectivity index (χ2n) is 5.38. The number of hydrogen-bond donors (Lipinski definition) is 1. The molecule has 0 radical (unpaired) electrons. The molecular weight excluding hydrogens is 300 g/mol. The van der Waals surface area contributed by atoms with E-state index >= 15 is 0 Å². The summed E-state index contributed by atoms with van der Waals surface area (Å²) in [4.78, 5) is 11.3. The lowest BCUT2D eigenvalue weighted by Crippen LogP contribution is -2.36. The van der Waals surface area contributed by atoms with Crippen molar-refractivity contribution in [2.45, 2.75) is 13.8 Å². The normalized spacial score (nSPS) is 15.0. The summed E-state index contributed by atoms with van der Waals surface area (Å²) in [6.07, 6.45) is 0. The third kappa shape index (κ3) is 3.48. The number of benzene rings is 1. The molecule has 2 aromatic rings. The van der Waals surface area contributed by atoms with Crippen molar-refractivity contribution in [3.63, 3.8) is 0 Å². The Morgan fingerprint density at radius 2 is 1.91 bits per heavy atom. The van der Waals surface area contributed by atoms with Crippen LogP contribution >= 0.6 is 11.6 Å². The van der Waals surface area contributed by atoms with Crippen LogP contribution in [0.3, 0.4) is 0 Å². The molecule has 1 aliphatic heterocycles. The molecule has 0 saturated carbocycles.